The molecule has 4 heterocycles. The summed E-state index contributed by atoms with van der Waals surface area (Å²) < 4.78 is 31.0. The van der Waals surface area contributed by atoms with Gasteiger partial charge in [0.1, 0.15) is 97.7 Å². The Hall–Kier alpha value is 0.419. The SMILES string of the molecule is OCC1OC(OC2C(CO)OC(OC3C(CO)OC(O)C(O)C3O)C(O)C2O)C(O)C(O)C1O.OC[C@H]1OC(O)[C@H](O)[C@@H](O)[C@@H]1O.[AlH3].[H-].[H-].[Mg+2]. The predicted octanol–water partition coefficient (Wildman–Crippen LogP) is -12.1. The zero-order valence-corrected chi connectivity index (χ0v) is 26.1. The van der Waals surface area contributed by atoms with Crippen molar-refractivity contribution in [2.24, 2.45) is 0 Å². The van der Waals surface area contributed by atoms with E-state index < -0.39 is 149 Å². The maximum Gasteiger partial charge on any atom is 2.00 e. The molecule has 0 aromatic carbocycles. The van der Waals surface area contributed by atoms with Crippen LogP contribution in [0.5, 0.6) is 0 Å². The first-order chi connectivity index (χ1) is 21.6. The normalized spacial score (nSPS) is 49.5. The van der Waals surface area contributed by atoms with Crippen LogP contribution in [0.4, 0.5) is 0 Å². The van der Waals surface area contributed by atoms with Gasteiger partial charge in [-0.2, -0.15) is 0 Å². The van der Waals surface area contributed by atoms with Gasteiger partial charge in [0.05, 0.1) is 26.4 Å². The van der Waals surface area contributed by atoms with Gasteiger partial charge in [0, 0.05) is 0 Å². The molecule has 24 heteroatoms. The third-order valence-corrected chi connectivity index (χ3v) is 7.96. The molecule has 0 bridgehead atoms. The zero-order valence-electron chi connectivity index (χ0n) is 26.7. The van der Waals surface area contributed by atoms with Gasteiger partial charge in [-0.05, 0) is 0 Å². The molecule has 0 amide bonds. The van der Waals surface area contributed by atoms with Crippen LogP contribution in [-0.4, -0.2) is 271 Å². The van der Waals surface area contributed by atoms with Crippen molar-refractivity contribution in [2.75, 3.05) is 26.4 Å². The minimum atomic E-state index is -1.91. The fraction of sp³-hybridized carbons (Fsp3) is 1.00. The van der Waals surface area contributed by atoms with Crippen molar-refractivity contribution >= 4 is 40.4 Å². The Kier molecular flexibility index (Phi) is 19.9. The summed E-state index contributed by atoms with van der Waals surface area (Å²) >= 11 is 0. The Bertz CT molecular complexity index is 919. The Balaban J connectivity index is 0. The standard InChI is InChI=1S/C18H32O16.C6H12O6.Al.Mg.5H/c19-1-4-7(22)8(23)12(27)17(31-4)34-15-6(3-21)32-18(13(28)10(15)25)33-14-5(2-20)30-16(29)11(26)9(14)24;7-1-2-3(8)4(9)5(10)6(11)12-2;;;;;;;/h4-29H,1-3H2;2-11H,1H2;;;;;;;/q;;;+2;;;;2*-1/t;2-,3-,4+,5-,6?;;;;;;;/m.1......./s1. The third-order valence-electron chi connectivity index (χ3n) is 7.96. The molecule has 0 radical (unpaired) electrons. The number of hydrogen-bond donors (Lipinski definition) is 16. The minimum Gasteiger partial charge on any atom is -1.00 e. The summed E-state index contributed by atoms with van der Waals surface area (Å²) in [6.07, 6.45) is -32.2. The molecule has 4 aliphatic rings. The molecule has 0 saturated carbocycles. The van der Waals surface area contributed by atoms with E-state index in [4.69, 9.17) is 49.2 Å². The van der Waals surface area contributed by atoms with E-state index in [0.29, 0.717) is 0 Å². The molecule has 0 aromatic heterocycles. The van der Waals surface area contributed by atoms with Crippen LogP contribution < -0.4 is 0 Å². The van der Waals surface area contributed by atoms with Crippen molar-refractivity contribution in [3.05, 3.63) is 0 Å². The summed E-state index contributed by atoms with van der Waals surface area (Å²) in [4.78, 5) is 0. The molecule has 4 fully saturated rings. The summed E-state index contributed by atoms with van der Waals surface area (Å²) in [5.41, 5.74) is 0. The molecular formula is C24H49AlMgO22. The van der Waals surface area contributed by atoms with Gasteiger partial charge < -0.3 is 113 Å². The van der Waals surface area contributed by atoms with Crippen LogP contribution in [0.3, 0.4) is 0 Å². The fourth-order valence-electron chi connectivity index (χ4n) is 5.14. The molecule has 20 atom stereocenters. The van der Waals surface area contributed by atoms with Gasteiger partial charge >= 0.3 is 23.1 Å². The molecule has 48 heavy (non-hydrogen) atoms. The average molecular weight is 741 g/mol. The van der Waals surface area contributed by atoms with Crippen molar-refractivity contribution in [1.29, 1.82) is 0 Å². The molecule has 16 N–H and O–H groups in total. The van der Waals surface area contributed by atoms with E-state index in [1.165, 1.54) is 0 Å². The van der Waals surface area contributed by atoms with E-state index in [9.17, 15) is 56.2 Å². The fourth-order valence-corrected chi connectivity index (χ4v) is 5.14. The molecule has 4 saturated heterocycles. The first-order valence-corrected chi connectivity index (χ1v) is 14.2. The van der Waals surface area contributed by atoms with Crippen LogP contribution in [-0.2, 0) is 28.4 Å². The Morgan fingerprint density at radius 3 is 1.10 bits per heavy atom. The van der Waals surface area contributed by atoms with Crippen molar-refractivity contribution in [1.82, 2.24) is 0 Å². The largest absolute Gasteiger partial charge is 2.00 e. The molecule has 4 rings (SSSR count). The van der Waals surface area contributed by atoms with Gasteiger partial charge in [-0.15, -0.1) is 0 Å². The second kappa shape index (κ2) is 20.6. The van der Waals surface area contributed by atoms with Crippen LogP contribution in [0.15, 0.2) is 0 Å². The van der Waals surface area contributed by atoms with Gasteiger partial charge in [0.15, 0.2) is 42.5 Å². The van der Waals surface area contributed by atoms with E-state index >= 15 is 0 Å². The van der Waals surface area contributed by atoms with Crippen molar-refractivity contribution in [3.63, 3.8) is 0 Å². The maximum atomic E-state index is 10.6. The van der Waals surface area contributed by atoms with Crippen LogP contribution in [0.1, 0.15) is 2.85 Å². The van der Waals surface area contributed by atoms with Crippen molar-refractivity contribution in [2.45, 2.75) is 123 Å². The smallest absolute Gasteiger partial charge is 1.00 e. The average Bonchev–Trinajstić information content (AvgIpc) is 3.05. The molecule has 4 aliphatic heterocycles. The Labute approximate surface area is 302 Å². The second-order valence-electron chi connectivity index (χ2n) is 11.1. The summed E-state index contributed by atoms with van der Waals surface area (Å²) in [7, 11) is 0. The zero-order chi connectivity index (χ0) is 34.6. The topological polar surface area (TPSA) is 379 Å². The summed E-state index contributed by atoms with van der Waals surface area (Å²) in [6.45, 7) is -2.85. The van der Waals surface area contributed by atoms with Crippen LogP contribution in [0.2, 0.25) is 0 Å². The third kappa shape index (κ3) is 10.3. The van der Waals surface area contributed by atoms with Gasteiger partial charge in [-0.1, -0.05) is 0 Å². The number of aliphatic hydroxyl groups is 16. The molecule has 16 unspecified atom stereocenters. The van der Waals surface area contributed by atoms with Gasteiger partial charge in [-0.25, -0.2) is 0 Å². The van der Waals surface area contributed by atoms with Crippen LogP contribution in [0, 0.1) is 0 Å². The van der Waals surface area contributed by atoms with Gasteiger partial charge in [0.2, 0.25) is 0 Å². The van der Waals surface area contributed by atoms with E-state index in [1.807, 2.05) is 0 Å². The molecule has 282 valence electrons. The summed E-state index contributed by atoms with van der Waals surface area (Å²) in [6, 6.07) is 0. The quantitative estimate of drug-likeness (QED) is 0.103. The number of aliphatic hydroxyl groups excluding tert-OH is 16. The van der Waals surface area contributed by atoms with E-state index in [0.717, 1.165) is 0 Å². The predicted molar refractivity (Wildman–Crippen MR) is 155 cm³/mol. The molecule has 22 nitrogen and oxygen atoms in total. The van der Waals surface area contributed by atoms with E-state index in [-0.39, 0.29) is 43.3 Å². The molecule has 0 aliphatic carbocycles. The monoisotopic (exact) mass is 740 g/mol. The minimum absolute atomic E-state index is 0. The van der Waals surface area contributed by atoms with Crippen LogP contribution >= 0.6 is 0 Å². The van der Waals surface area contributed by atoms with E-state index in [2.05, 4.69) is 4.74 Å². The maximum absolute atomic E-state index is 10.6. The van der Waals surface area contributed by atoms with Crippen LogP contribution in [0.25, 0.3) is 0 Å². The number of hydrogen-bond acceptors (Lipinski definition) is 22. The molecule has 0 spiro atoms. The number of ether oxygens (including phenoxy) is 6. The second-order valence-corrected chi connectivity index (χ2v) is 11.1. The summed E-state index contributed by atoms with van der Waals surface area (Å²) in [5.74, 6) is 0. The first-order valence-electron chi connectivity index (χ1n) is 14.2. The van der Waals surface area contributed by atoms with Gasteiger partial charge in [-0.3, -0.25) is 0 Å². The Morgan fingerprint density at radius 2 is 0.667 bits per heavy atom. The Morgan fingerprint density at radius 1 is 0.375 bits per heavy atom. The van der Waals surface area contributed by atoms with Gasteiger partial charge in [0.25, 0.3) is 0 Å². The van der Waals surface area contributed by atoms with Crippen molar-refractivity contribution < 1.29 is 113 Å². The molecule has 0 aromatic rings. The first kappa shape index (κ1) is 46.4. The molecular weight excluding hydrogens is 692 g/mol. The van der Waals surface area contributed by atoms with Crippen molar-refractivity contribution in [3.8, 4) is 0 Å². The number of rotatable bonds is 8. The summed E-state index contributed by atoms with van der Waals surface area (Å²) in [5, 5.41) is 154. The van der Waals surface area contributed by atoms with E-state index in [1.54, 1.807) is 0 Å².